The zero-order valence-electron chi connectivity index (χ0n) is 21.6. The Hall–Kier alpha value is -1.12. The fourth-order valence-corrected chi connectivity index (χ4v) is 3.43. The molecule has 3 aromatic carbocycles. The molecule has 1 nitrogen and oxygen atoms in total. The summed E-state index contributed by atoms with van der Waals surface area (Å²) in [5.74, 6) is 0.374. The molecule has 0 atom stereocenters. The van der Waals surface area contributed by atoms with Crippen LogP contribution in [-0.2, 0) is 38.0 Å². The molecule has 3 aromatic rings. The Morgan fingerprint density at radius 3 is 1.52 bits per heavy atom. The summed E-state index contributed by atoms with van der Waals surface area (Å²) >= 11 is 0. The molecule has 0 fully saturated rings. The van der Waals surface area contributed by atoms with Crippen LogP contribution in [0.2, 0.25) is 0 Å². The maximum absolute atomic E-state index is 10.7. The number of hydrogen-bond donors (Lipinski definition) is 1. The number of rotatable bonds is 1. The molecule has 33 heavy (non-hydrogen) atoms. The smallest absolute Gasteiger partial charge is 1.00 e. The Morgan fingerprint density at radius 1 is 0.667 bits per heavy atom. The van der Waals surface area contributed by atoms with Crippen molar-refractivity contribution < 1.29 is 51.6 Å². The van der Waals surface area contributed by atoms with Crippen LogP contribution < -0.4 is 24.8 Å². The van der Waals surface area contributed by atoms with E-state index >= 15 is 0 Å². The fourth-order valence-electron chi connectivity index (χ4n) is 3.43. The first kappa shape index (κ1) is 34.1. The minimum atomic E-state index is -0.0239. The van der Waals surface area contributed by atoms with Gasteiger partial charge in [0.25, 0.3) is 0 Å². The number of hydrogen-bond acceptors (Lipinski definition) is 1. The van der Waals surface area contributed by atoms with Crippen LogP contribution in [0.3, 0.4) is 0 Å². The summed E-state index contributed by atoms with van der Waals surface area (Å²) in [5.41, 5.74) is 6.13. The van der Waals surface area contributed by atoms with Gasteiger partial charge in [-0.3, -0.25) is 0 Å². The number of aromatic hydroxyl groups is 1. The molecule has 4 heteroatoms. The van der Waals surface area contributed by atoms with Crippen LogP contribution in [0.5, 0.6) is 5.75 Å². The van der Waals surface area contributed by atoms with Gasteiger partial charge in [0.05, 0.1) is 0 Å². The molecular formula is C29H39Cl2OTi. The van der Waals surface area contributed by atoms with Gasteiger partial charge < -0.3 is 29.9 Å². The Morgan fingerprint density at radius 2 is 1.15 bits per heavy atom. The molecule has 0 unspecified atom stereocenters. The van der Waals surface area contributed by atoms with Crippen LogP contribution >= 0.6 is 0 Å². The first-order valence-corrected chi connectivity index (χ1v) is 10.9. The van der Waals surface area contributed by atoms with Crippen molar-refractivity contribution in [2.75, 3.05) is 0 Å². The zero-order chi connectivity index (χ0) is 22.7. The number of benzene rings is 2. The Labute approximate surface area is 229 Å². The van der Waals surface area contributed by atoms with E-state index in [1.165, 1.54) is 16.7 Å². The van der Waals surface area contributed by atoms with Crippen molar-refractivity contribution in [3.05, 3.63) is 83.4 Å². The maximum Gasteiger partial charge on any atom is 3.00 e. The molecule has 1 N–H and O–H groups in total. The first-order valence-electron chi connectivity index (χ1n) is 10.9. The predicted molar refractivity (Wildman–Crippen MR) is 132 cm³/mol. The van der Waals surface area contributed by atoms with E-state index in [1.807, 2.05) is 24.3 Å². The number of halogens is 2. The molecule has 0 aliphatic carbocycles. The third kappa shape index (κ3) is 9.57. The average molecular weight is 522 g/mol. The third-order valence-corrected chi connectivity index (χ3v) is 5.38. The van der Waals surface area contributed by atoms with Crippen molar-refractivity contribution in [1.29, 1.82) is 0 Å². The van der Waals surface area contributed by atoms with Crippen LogP contribution in [0.15, 0.2) is 66.7 Å². The molecule has 0 heterocycles. The fraction of sp³-hybridized carbons (Fsp3) is 0.414. The van der Waals surface area contributed by atoms with E-state index in [2.05, 4.69) is 105 Å². The summed E-state index contributed by atoms with van der Waals surface area (Å²) in [5, 5.41) is 10.7. The van der Waals surface area contributed by atoms with E-state index in [0.29, 0.717) is 11.2 Å². The molecule has 3 rings (SSSR count). The summed E-state index contributed by atoms with van der Waals surface area (Å²) < 4.78 is 0. The molecule has 0 bridgehead atoms. The van der Waals surface area contributed by atoms with Crippen LogP contribution in [0.4, 0.5) is 0 Å². The minimum Gasteiger partial charge on any atom is -1.00 e. The van der Waals surface area contributed by atoms with Gasteiger partial charge in [-0.2, -0.15) is 17.7 Å². The molecular weight excluding hydrogens is 483 g/mol. The standard InChI is InChI=1S/C20H26O.C9H13.2ClH.Ti/c1-19(2,3)15-12-16(20(4,5)6)18(17(21)13-15)14-10-8-7-9-11-14;1-9(2,3)8-6-4-5-7-8;;;/h7-13,21H,1-6H3;4-7H,1-3H3;2*1H;/q;-1;;;+3/p-2. The van der Waals surface area contributed by atoms with E-state index in [4.69, 9.17) is 0 Å². The van der Waals surface area contributed by atoms with Crippen molar-refractivity contribution in [3.8, 4) is 16.9 Å². The van der Waals surface area contributed by atoms with Gasteiger partial charge in [0.2, 0.25) is 0 Å². The molecule has 179 valence electrons. The monoisotopic (exact) mass is 521 g/mol. The predicted octanol–water partition coefficient (Wildman–Crippen LogP) is 2.36. The Kier molecular flexibility index (Phi) is 13.5. The molecule has 0 saturated heterocycles. The van der Waals surface area contributed by atoms with Crippen LogP contribution in [0.1, 0.15) is 79.0 Å². The zero-order valence-corrected chi connectivity index (χ0v) is 24.6. The van der Waals surface area contributed by atoms with Crippen LogP contribution in [0, 0.1) is 0 Å². The number of phenols is 1. The number of phenolic OH excluding ortho intramolecular Hbond substituents is 1. The van der Waals surface area contributed by atoms with Gasteiger partial charge in [-0.15, -0.1) is 0 Å². The summed E-state index contributed by atoms with van der Waals surface area (Å²) in [6.45, 7) is 19.8. The summed E-state index contributed by atoms with van der Waals surface area (Å²) in [6, 6.07) is 22.8. The van der Waals surface area contributed by atoms with E-state index < -0.39 is 0 Å². The van der Waals surface area contributed by atoms with Gasteiger partial charge in [-0.25, -0.2) is 12.1 Å². The molecule has 0 aromatic heterocycles. The summed E-state index contributed by atoms with van der Waals surface area (Å²) in [6.07, 6.45) is 0. The van der Waals surface area contributed by atoms with Crippen molar-refractivity contribution in [2.45, 2.75) is 78.6 Å². The second-order valence-corrected chi connectivity index (χ2v) is 11.2. The molecule has 0 aliphatic rings. The van der Waals surface area contributed by atoms with Crippen LogP contribution in [-0.4, -0.2) is 5.11 Å². The third-order valence-electron chi connectivity index (χ3n) is 5.38. The van der Waals surface area contributed by atoms with Gasteiger partial charge in [0.1, 0.15) is 5.75 Å². The molecule has 0 saturated carbocycles. The van der Waals surface area contributed by atoms with Gasteiger partial charge in [0, 0.05) is 5.56 Å². The van der Waals surface area contributed by atoms with Gasteiger partial charge in [0.15, 0.2) is 0 Å². The minimum absolute atomic E-state index is 0. The van der Waals surface area contributed by atoms with Crippen molar-refractivity contribution >= 4 is 0 Å². The molecule has 0 spiro atoms. The van der Waals surface area contributed by atoms with Gasteiger partial charge in [-0.1, -0.05) is 104 Å². The molecule has 1 radical (unpaired) electrons. The van der Waals surface area contributed by atoms with Crippen molar-refractivity contribution in [3.63, 3.8) is 0 Å². The molecule has 0 aliphatic heterocycles. The topological polar surface area (TPSA) is 20.2 Å². The largest absolute Gasteiger partial charge is 3.00 e. The quantitative estimate of drug-likeness (QED) is 0.385. The van der Waals surface area contributed by atoms with E-state index in [-0.39, 0.29) is 57.4 Å². The second-order valence-electron chi connectivity index (χ2n) is 11.2. The summed E-state index contributed by atoms with van der Waals surface area (Å²) in [7, 11) is 0. The summed E-state index contributed by atoms with van der Waals surface area (Å²) in [4.78, 5) is 0. The SMILES string of the molecule is CC(C)(C)[c-]1cccc1.CC(C)(C)c1cc(O)c(-c2ccccc2)c(C(C)(C)C)c1.[Cl-].[Cl-].[Ti+3]. The van der Waals surface area contributed by atoms with E-state index in [9.17, 15) is 5.11 Å². The van der Waals surface area contributed by atoms with Gasteiger partial charge >= 0.3 is 21.7 Å². The van der Waals surface area contributed by atoms with Crippen molar-refractivity contribution in [2.24, 2.45) is 0 Å². The normalized spacial score (nSPS) is 11.2. The van der Waals surface area contributed by atoms with E-state index in [1.54, 1.807) is 0 Å². The van der Waals surface area contributed by atoms with Crippen molar-refractivity contribution in [1.82, 2.24) is 0 Å². The average Bonchev–Trinajstić information content (AvgIpc) is 3.16. The maximum atomic E-state index is 10.7. The Balaban J connectivity index is 0. The Bertz CT molecular complexity index is 942. The van der Waals surface area contributed by atoms with Gasteiger partial charge in [-0.05, 0) is 33.6 Å². The first-order chi connectivity index (χ1) is 13.7. The second kappa shape index (κ2) is 13.1. The van der Waals surface area contributed by atoms with E-state index in [0.717, 1.165) is 11.1 Å². The van der Waals surface area contributed by atoms with Crippen LogP contribution in [0.25, 0.3) is 11.1 Å². The molecule has 0 amide bonds.